The molecule has 19 heavy (non-hydrogen) atoms. The van der Waals surface area contributed by atoms with Gasteiger partial charge in [0.1, 0.15) is 0 Å². The van der Waals surface area contributed by atoms with Crippen LogP contribution in [0.5, 0.6) is 0 Å². The molecule has 0 aliphatic heterocycles. The second kappa shape index (κ2) is 6.75. The van der Waals surface area contributed by atoms with Crippen LogP contribution in [0, 0.1) is 6.92 Å². The number of aromatic nitrogens is 2. The minimum absolute atomic E-state index is 0.377. The Kier molecular flexibility index (Phi) is 5.02. The molecule has 1 atom stereocenters. The summed E-state index contributed by atoms with van der Waals surface area (Å²) < 4.78 is 2.23. The van der Waals surface area contributed by atoms with Crippen LogP contribution in [0.25, 0.3) is 0 Å². The van der Waals surface area contributed by atoms with E-state index < -0.39 is 0 Å². The van der Waals surface area contributed by atoms with Gasteiger partial charge in [-0.05, 0) is 31.2 Å². The summed E-state index contributed by atoms with van der Waals surface area (Å²) in [6.45, 7) is 7.50. The molecule has 4 heteroatoms. The summed E-state index contributed by atoms with van der Waals surface area (Å²) in [4.78, 5) is 6.01. The van der Waals surface area contributed by atoms with Crippen molar-refractivity contribution in [1.29, 1.82) is 0 Å². The maximum atomic E-state index is 4.62. The van der Waals surface area contributed by atoms with Gasteiger partial charge < -0.3 is 9.88 Å². The summed E-state index contributed by atoms with van der Waals surface area (Å²) in [6, 6.07) is 4.70. The van der Waals surface area contributed by atoms with Gasteiger partial charge in [0.25, 0.3) is 0 Å². The maximum absolute atomic E-state index is 4.62. The lowest BCUT2D eigenvalue weighted by Crippen LogP contribution is -2.13. The molecule has 1 unspecified atom stereocenters. The van der Waals surface area contributed by atoms with Gasteiger partial charge in [0, 0.05) is 17.6 Å². The molecule has 0 aliphatic rings. The van der Waals surface area contributed by atoms with Crippen LogP contribution >= 0.6 is 11.3 Å². The normalized spacial score (nSPS) is 12.6. The standard InChI is InChI=1S/C15H23N3S/c1-4-7-13(14-8-6-10-19-14)17-15-16-12(3)11-18(15)9-5-2/h6,8,10-11,13H,4-5,7,9H2,1-3H3,(H,16,17). The Morgan fingerprint density at radius 3 is 2.84 bits per heavy atom. The van der Waals surface area contributed by atoms with Gasteiger partial charge in [-0.2, -0.15) is 0 Å². The smallest absolute Gasteiger partial charge is 0.203 e. The zero-order chi connectivity index (χ0) is 13.7. The van der Waals surface area contributed by atoms with Gasteiger partial charge in [-0.15, -0.1) is 11.3 Å². The Balaban J connectivity index is 2.17. The molecule has 104 valence electrons. The van der Waals surface area contributed by atoms with E-state index in [1.807, 2.05) is 11.3 Å². The summed E-state index contributed by atoms with van der Waals surface area (Å²) >= 11 is 1.82. The molecular weight excluding hydrogens is 254 g/mol. The molecule has 0 bridgehead atoms. The molecule has 2 aromatic heterocycles. The van der Waals surface area contributed by atoms with Gasteiger partial charge in [-0.25, -0.2) is 4.98 Å². The lowest BCUT2D eigenvalue weighted by Gasteiger charge is -2.18. The number of thiophene rings is 1. The zero-order valence-electron chi connectivity index (χ0n) is 12.0. The van der Waals surface area contributed by atoms with E-state index in [-0.39, 0.29) is 0 Å². The monoisotopic (exact) mass is 277 g/mol. The topological polar surface area (TPSA) is 29.9 Å². The Morgan fingerprint density at radius 2 is 2.21 bits per heavy atom. The van der Waals surface area contributed by atoms with Crippen molar-refractivity contribution in [1.82, 2.24) is 9.55 Å². The molecule has 0 saturated heterocycles. The summed E-state index contributed by atoms with van der Waals surface area (Å²) in [5.41, 5.74) is 1.08. The third kappa shape index (κ3) is 3.60. The predicted octanol–water partition coefficient (Wildman–Crippen LogP) is 4.62. The number of anilines is 1. The van der Waals surface area contributed by atoms with Crippen molar-refractivity contribution in [3.05, 3.63) is 34.3 Å². The molecule has 0 aliphatic carbocycles. The minimum atomic E-state index is 0.377. The van der Waals surface area contributed by atoms with E-state index in [0.29, 0.717) is 6.04 Å². The van der Waals surface area contributed by atoms with Gasteiger partial charge in [-0.1, -0.05) is 26.3 Å². The highest BCUT2D eigenvalue weighted by Crippen LogP contribution is 2.27. The molecule has 2 heterocycles. The van der Waals surface area contributed by atoms with E-state index in [2.05, 4.69) is 59.3 Å². The highest BCUT2D eigenvalue weighted by molar-refractivity contribution is 7.10. The molecule has 2 rings (SSSR count). The van der Waals surface area contributed by atoms with Crippen molar-refractivity contribution in [3.63, 3.8) is 0 Å². The maximum Gasteiger partial charge on any atom is 0.203 e. The molecule has 0 radical (unpaired) electrons. The van der Waals surface area contributed by atoms with Crippen LogP contribution in [0.1, 0.15) is 49.7 Å². The van der Waals surface area contributed by atoms with E-state index in [1.165, 1.54) is 11.3 Å². The van der Waals surface area contributed by atoms with E-state index in [9.17, 15) is 0 Å². The summed E-state index contributed by atoms with van der Waals surface area (Å²) in [6.07, 6.45) is 5.56. The second-order valence-corrected chi connectivity index (χ2v) is 5.88. The fourth-order valence-electron chi connectivity index (χ4n) is 2.29. The number of hydrogen-bond donors (Lipinski definition) is 1. The van der Waals surface area contributed by atoms with Gasteiger partial charge in [0.2, 0.25) is 5.95 Å². The Morgan fingerprint density at radius 1 is 1.37 bits per heavy atom. The van der Waals surface area contributed by atoms with Crippen molar-refractivity contribution < 1.29 is 0 Å². The van der Waals surface area contributed by atoms with E-state index in [0.717, 1.165) is 31.0 Å². The van der Waals surface area contributed by atoms with Crippen molar-refractivity contribution >= 4 is 17.3 Å². The van der Waals surface area contributed by atoms with Gasteiger partial charge in [0.05, 0.1) is 11.7 Å². The zero-order valence-corrected chi connectivity index (χ0v) is 12.8. The van der Waals surface area contributed by atoms with Crippen molar-refractivity contribution in [2.24, 2.45) is 0 Å². The van der Waals surface area contributed by atoms with Crippen LogP contribution in [-0.4, -0.2) is 9.55 Å². The predicted molar refractivity (Wildman–Crippen MR) is 82.8 cm³/mol. The van der Waals surface area contributed by atoms with Crippen molar-refractivity contribution in [2.45, 2.75) is 52.6 Å². The minimum Gasteiger partial charge on any atom is -0.348 e. The summed E-state index contributed by atoms with van der Waals surface area (Å²) in [7, 11) is 0. The van der Waals surface area contributed by atoms with Crippen LogP contribution in [0.15, 0.2) is 23.7 Å². The molecule has 0 spiro atoms. The first kappa shape index (κ1) is 14.1. The van der Waals surface area contributed by atoms with Crippen LogP contribution in [0.4, 0.5) is 5.95 Å². The molecule has 0 aromatic carbocycles. The number of nitrogens with one attached hydrogen (secondary N) is 1. The lowest BCUT2D eigenvalue weighted by atomic mass is 10.1. The SMILES string of the molecule is CCCC(Nc1nc(C)cn1CCC)c1cccs1. The summed E-state index contributed by atoms with van der Waals surface area (Å²) in [5, 5.41) is 5.76. The number of imidazole rings is 1. The fourth-order valence-corrected chi connectivity index (χ4v) is 3.11. The Labute approximate surface area is 119 Å². The van der Waals surface area contributed by atoms with Gasteiger partial charge in [-0.3, -0.25) is 0 Å². The molecule has 0 saturated carbocycles. The molecular formula is C15H23N3S. The molecule has 1 N–H and O–H groups in total. The van der Waals surface area contributed by atoms with Crippen molar-refractivity contribution in [2.75, 3.05) is 5.32 Å². The fraction of sp³-hybridized carbons (Fsp3) is 0.533. The molecule has 0 amide bonds. The number of rotatable bonds is 7. The third-order valence-electron chi connectivity index (χ3n) is 3.13. The van der Waals surface area contributed by atoms with Gasteiger partial charge in [0.15, 0.2) is 0 Å². The third-order valence-corrected chi connectivity index (χ3v) is 4.11. The first-order valence-electron chi connectivity index (χ1n) is 7.08. The number of nitrogens with zero attached hydrogens (tertiary/aromatic N) is 2. The van der Waals surface area contributed by atoms with Crippen LogP contribution < -0.4 is 5.32 Å². The number of aryl methyl sites for hydroxylation is 2. The van der Waals surface area contributed by atoms with E-state index >= 15 is 0 Å². The first-order chi connectivity index (χ1) is 9.24. The van der Waals surface area contributed by atoms with Crippen molar-refractivity contribution in [3.8, 4) is 0 Å². The quantitative estimate of drug-likeness (QED) is 0.800. The highest BCUT2D eigenvalue weighted by Gasteiger charge is 2.14. The summed E-state index contributed by atoms with van der Waals surface area (Å²) in [5.74, 6) is 1.01. The average molecular weight is 277 g/mol. The lowest BCUT2D eigenvalue weighted by molar-refractivity contribution is 0.644. The molecule has 3 nitrogen and oxygen atoms in total. The van der Waals surface area contributed by atoms with Crippen LogP contribution in [0.3, 0.4) is 0 Å². The second-order valence-electron chi connectivity index (χ2n) is 4.90. The average Bonchev–Trinajstić information content (AvgIpc) is 3.00. The number of hydrogen-bond acceptors (Lipinski definition) is 3. The largest absolute Gasteiger partial charge is 0.348 e. The first-order valence-corrected chi connectivity index (χ1v) is 7.96. The van der Waals surface area contributed by atoms with Gasteiger partial charge >= 0.3 is 0 Å². The van der Waals surface area contributed by atoms with E-state index in [1.54, 1.807) is 0 Å². The molecule has 0 fully saturated rings. The Bertz CT molecular complexity index is 487. The van der Waals surface area contributed by atoms with Crippen LogP contribution in [-0.2, 0) is 6.54 Å². The van der Waals surface area contributed by atoms with E-state index in [4.69, 9.17) is 0 Å². The molecule has 2 aromatic rings. The van der Waals surface area contributed by atoms with Crippen LogP contribution in [0.2, 0.25) is 0 Å². The Hall–Kier alpha value is -1.29. The highest BCUT2D eigenvalue weighted by atomic mass is 32.1.